The van der Waals surface area contributed by atoms with Crippen LogP contribution in [0.25, 0.3) is 0 Å². The molecule has 0 aromatic rings. The minimum Gasteiger partial charge on any atom is -0.455 e. The van der Waals surface area contributed by atoms with Gasteiger partial charge in [-0.05, 0) is 41.0 Å². The van der Waals surface area contributed by atoms with Crippen LogP contribution in [0.4, 0.5) is 8.78 Å². The fourth-order valence-corrected chi connectivity index (χ4v) is 1.22. The van der Waals surface area contributed by atoms with Gasteiger partial charge in [0.1, 0.15) is 12.2 Å². The van der Waals surface area contributed by atoms with E-state index in [0.717, 1.165) is 6.92 Å². The second-order valence-electron chi connectivity index (χ2n) is 7.43. The molecule has 136 valence electrons. The summed E-state index contributed by atoms with van der Waals surface area (Å²) < 4.78 is 41.3. The van der Waals surface area contributed by atoms with Crippen LogP contribution in [0.15, 0.2) is 0 Å². The van der Waals surface area contributed by atoms with Crippen molar-refractivity contribution in [1.29, 1.82) is 0 Å². The van der Waals surface area contributed by atoms with Crippen LogP contribution in [0.1, 0.15) is 61.8 Å². The maximum Gasteiger partial charge on any atom is 0.380 e. The van der Waals surface area contributed by atoms with E-state index in [9.17, 15) is 18.4 Å². The van der Waals surface area contributed by atoms with Gasteiger partial charge in [0, 0.05) is 13.8 Å². The van der Waals surface area contributed by atoms with Gasteiger partial charge in [0.05, 0.1) is 5.41 Å². The molecule has 23 heavy (non-hydrogen) atoms. The molecule has 0 aliphatic heterocycles. The second kappa shape index (κ2) is 7.11. The van der Waals surface area contributed by atoms with Crippen molar-refractivity contribution in [1.82, 2.24) is 0 Å². The molecule has 0 aliphatic carbocycles. The molecule has 0 aromatic carbocycles. The Labute approximate surface area is 136 Å². The molecule has 0 fully saturated rings. The Bertz CT molecular complexity index is 435. The zero-order chi connectivity index (χ0) is 18.7. The van der Waals surface area contributed by atoms with Gasteiger partial charge in [0.25, 0.3) is 5.92 Å². The average Bonchev–Trinajstić information content (AvgIpc) is 2.33. The summed E-state index contributed by atoms with van der Waals surface area (Å²) in [5, 5.41) is 0. The minimum atomic E-state index is -3.18. The standard InChI is InChI=1S/C16H28F2O5/c1-9-14(5,6)11(19)23-16(8,21-10-15(7,17)18)12(20)22-13(2,3)4/h9-10H2,1-8H3. The highest BCUT2D eigenvalue weighted by molar-refractivity contribution is 5.83. The third kappa shape index (κ3) is 7.72. The van der Waals surface area contributed by atoms with E-state index in [1.54, 1.807) is 41.5 Å². The minimum absolute atomic E-state index is 0.445. The molecule has 1 atom stereocenters. The van der Waals surface area contributed by atoms with Crippen LogP contribution in [-0.2, 0) is 23.8 Å². The highest BCUT2D eigenvalue weighted by Gasteiger charge is 2.46. The lowest BCUT2D eigenvalue weighted by molar-refractivity contribution is -0.260. The Morgan fingerprint density at radius 2 is 1.35 bits per heavy atom. The monoisotopic (exact) mass is 338 g/mol. The van der Waals surface area contributed by atoms with Gasteiger partial charge in [0.15, 0.2) is 0 Å². The normalized spacial score (nSPS) is 15.7. The van der Waals surface area contributed by atoms with Gasteiger partial charge < -0.3 is 14.2 Å². The molecule has 0 saturated heterocycles. The lowest BCUT2D eigenvalue weighted by Crippen LogP contribution is -2.50. The number of carbonyl (C=O) groups excluding carboxylic acids is 2. The van der Waals surface area contributed by atoms with Crippen LogP contribution in [0.3, 0.4) is 0 Å². The van der Waals surface area contributed by atoms with Gasteiger partial charge in [-0.1, -0.05) is 6.92 Å². The predicted octanol–water partition coefficient (Wildman–Crippen LogP) is 3.70. The van der Waals surface area contributed by atoms with E-state index in [2.05, 4.69) is 0 Å². The maximum absolute atomic E-state index is 13.1. The van der Waals surface area contributed by atoms with Crippen molar-refractivity contribution in [2.75, 3.05) is 6.61 Å². The summed E-state index contributed by atoms with van der Waals surface area (Å²) in [7, 11) is 0. The van der Waals surface area contributed by atoms with E-state index in [0.29, 0.717) is 13.3 Å². The second-order valence-corrected chi connectivity index (χ2v) is 7.43. The molecule has 0 amide bonds. The van der Waals surface area contributed by atoms with Crippen LogP contribution in [-0.4, -0.2) is 35.9 Å². The first-order chi connectivity index (χ1) is 10.0. The van der Waals surface area contributed by atoms with Gasteiger partial charge in [-0.15, -0.1) is 0 Å². The van der Waals surface area contributed by atoms with Crippen LogP contribution in [0.5, 0.6) is 0 Å². The van der Waals surface area contributed by atoms with Gasteiger partial charge in [-0.2, -0.15) is 0 Å². The molecule has 0 heterocycles. The van der Waals surface area contributed by atoms with E-state index in [1.165, 1.54) is 0 Å². The maximum atomic E-state index is 13.1. The molecule has 0 spiro atoms. The van der Waals surface area contributed by atoms with E-state index in [1.807, 2.05) is 0 Å². The highest BCUT2D eigenvalue weighted by atomic mass is 19.3. The lowest BCUT2D eigenvalue weighted by Gasteiger charge is -2.34. The van der Waals surface area contributed by atoms with Crippen molar-refractivity contribution >= 4 is 11.9 Å². The first-order valence-corrected chi connectivity index (χ1v) is 7.51. The summed E-state index contributed by atoms with van der Waals surface area (Å²) in [6, 6.07) is 0. The fourth-order valence-electron chi connectivity index (χ4n) is 1.22. The molecular weight excluding hydrogens is 310 g/mol. The third-order valence-corrected chi connectivity index (χ3v) is 3.09. The van der Waals surface area contributed by atoms with Gasteiger partial charge in [-0.25, -0.2) is 13.6 Å². The Balaban J connectivity index is 5.37. The van der Waals surface area contributed by atoms with E-state index in [4.69, 9.17) is 14.2 Å². The van der Waals surface area contributed by atoms with Crippen molar-refractivity contribution in [2.45, 2.75) is 79.1 Å². The molecule has 7 heteroatoms. The third-order valence-electron chi connectivity index (χ3n) is 3.09. The molecule has 0 aromatic heterocycles. The molecule has 0 aliphatic rings. The Hall–Kier alpha value is -1.24. The number of hydrogen-bond donors (Lipinski definition) is 0. The number of hydrogen-bond acceptors (Lipinski definition) is 5. The van der Waals surface area contributed by atoms with Crippen molar-refractivity contribution in [3.63, 3.8) is 0 Å². The first-order valence-electron chi connectivity index (χ1n) is 7.51. The average molecular weight is 338 g/mol. The lowest BCUT2D eigenvalue weighted by atomic mass is 9.90. The van der Waals surface area contributed by atoms with Crippen LogP contribution >= 0.6 is 0 Å². The Kier molecular flexibility index (Phi) is 6.73. The number of halogens is 2. The fraction of sp³-hybridized carbons (Fsp3) is 0.875. The van der Waals surface area contributed by atoms with Crippen LogP contribution in [0.2, 0.25) is 0 Å². The van der Waals surface area contributed by atoms with Crippen molar-refractivity contribution in [3.05, 3.63) is 0 Å². The molecule has 0 saturated carbocycles. The SMILES string of the molecule is CCC(C)(C)C(=O)OC(C)(OCC(C)(F)F)C(=O)OC(C)(C)C. The summed E-state index contributed by atoms with van der Waals surface area (Å²) in [6.45, 7) is 10.5. The van der Waals surface area contributed by atoms with E-state index < -0.39 is 41.3 Å². The largest absolute Gasteiger partial charge is 0.455 e. The number of alkyl halides is 2. The summed E-state index contributed by atoms with van der Waals surface area (Å²) in [4.78, 5) is 24.5. The first kappa shape index (κ1) is 21.8. The predicted molar refractivity (Wildman–Crippen MR) is 81.0 cm³/mol. The summed E-state index contributed by atoms with van der Waals surface area (Å²) in [6.07, 6.45) is 0.445. The molecule has 0 bridgehead atoms. The van der Waals surface area contributed by atoms with Crippen molar-refractivity contribution in [3.8, 4) is 0 Å². The van der Waals surface area contributed by atoms with Gasteiger partial charge in [-0.3, -0.25) is 4.79 Å². The molecule has 0 radical (unpaired) electrons. The topological polar surface area (TPSA) is 61.8 Å². The highest BCUT2D eigenvalue weighted by Crippen LogP contribution is 2.28. The van der Waals surface area contributed by atoms with Crippen LogP contribution in [0, 0.1) is 5.41 Å². The van der Waals surface area contributed by atoms with Crippen LogP contribution < -0.4 is 0 Å². The number of ether oxygens (including phenoxy) is 3. The number of rotatable bonds is 7. The molecular formula is C16H28F2O5. The number of carbonyl (C=O) groups is 2. The number of esters is 2. The Morgan fingerprint density at radius 1 is 0.870 bits per heavy atom. The quantitative estimate of drug-likeness (QED) is 0.523. The molecule has 0 rings (SSSR count). The molecule has 0 N–H and O–H groups in total. The van der Waals surface area contributed by atoms with E-state index >= 15 is 0 Å². The van der Waals surface area contributed by atoms with Crippen molar-refractivity contribution < 1.29 is 32.6 Å². The van der Waals surface area contributed by atoms with E-state index in [-0.39, 0.29) is 0 Å². The van der Waals surface area contributed by atoms with Gasteiger partial charge >= 0.3 is 17.7 Å². The zero-order valence-corrected chi connectivity index (χ0v) is 15.2. The smallest absolute Gasteiger partial charge is 0.380 e. The summed E-state index contributed by atoms with van der Waals surface area (Å²) in [5.41, 5.74) is -1.77. The zero-order valence-electron chi connectivity index (χ0n) is 15.2. The molecule has 5 nitrogen and oxygen atoms in total. The van der Waals surface area contributed by atoms with Gasteiger partial charge in [0.2, 0.25) is 0 Å². The summed E-state index contributed by atoms with van der Waals surface area (Å²) >= 11 is 0. The van der Waals surface area contributed by atoms with Crippen molar-refractivity contribution in [2.24, 2.45) is 5.41 Å². The molecule has 1 unspecified atom stereocenters. The summed E-state index contributed by atoms with van der Waals surface area (Å²) in [5.74, 6) is -7.19. The Morgan fingerprint density at radius 3 is 1.70 bits per heavy atom.